The fourth-order valence-electron chi connectivity index (χ4n) is 2.42. The molecule has 2 aromatic heterocycles. The summed E-state index contributed by atoms with van der Waals surface area (Å²) in [6, 6.07) is 6.20. The van der Waals surface area contributed by atoms with Gasteiger partial charge in [-0.3, -0.25) is 0 Å². The maximum absolute atomic E-state index is 5.76. The second kappa shape index (κ2) is 7.57. The van der Waals surface area contributed by atoms with Crippen molar-refractivity contribution in [2.24, 2.45) is 0 Å². The van der Waals surface area contributed by atoms with Crippen LogP contribution in [0.15, 0.2) is 27.8 Å². The highest BCUT2D eigenvalue weighted by Crippen LogP contribution is 2.26. The van der Waals surface area contributed by atoms with Gasteiger partial charge in [0.1, 0.15) is 0 Å². The van der Waals surface area contributed by atoms with Crippen molar-refractivity contribution in [3.05, 3.63) is 35.2 Å². The molecular formula is C16H20N6OS. The summed E-state index contributed by atoms with van der Waals surface area (Å²) in [6.07, 6.45) is 2.16. The summed E-state index contributed by atoms with van der Waals surface area (Å²) in [5, 5.41) is 20.6. The number of aryl methyl sites for hydroxylation is 3. The summed E-state index contributed by atoms with van der Waals surface area (Å²) in [7, 11) is 0. The molecule has 2 heterocycles. The Bertz CT molecular complexity index is 792. The second-order valence-electron chi connectivity index (χ2n) is 5.71. The van der Waals surface area contributed by atoms with Crippen molar-refractivity contribution >= 4 is 11.8 Å². The Hall–Kier alpha value is -2.22. The van der Waals surface area contributed by atoms with Crippen LogP contribution >= 0.6 is 11.8 Å². The molecule has 0 radical (unpaired) electrons. The van der Waals surface area contributed by atoms with Crippen LogP contribution in [0.2, 0.25) is 0 Å². The first-order valence-corrected chi connectivity index (χ1v) is 8.94. The van der Waals surface area contributed by atoms with Gasteiger partial charge in [0.05, 0.1) is 5.75 Å². The lowest BCUT2D eigenvalue weighted by molar-refractivity contribution is 0.465. The van der Waals surface area contributed by atoms with Crippen LogP contribution in [0.1, 0.15) is 36.7 Å². The fourth-order valence-corrected chi connectivity index (χ4v) is 3.11. The summed E-state index contributed by atoms with van der Waals surface area (Å²) >= 11 is 1.45. The maximum Gasteiger partial charge on any atom is 0.277 e. The third kappa shape index (κ3) is 4.00. The molecule has 1 aromatic carbocycles. The minimum absolute atomic E-state index is 0.522. The summed E-state index contributed by atoms with van der Waals surface area (Å²) in [6.45, 7) is 7.08. The molecule has 24 heavy (non-hydrogen) atoms. The topological polar surface area (TPSA) is 82.5 Å². The van der Waals surface area contributed by atoms with Gasteiger partial charge in [-0.25, -0.2) is 4.68 Å². The molecule has 126 valence electrons. The van der Waals surface area contributed by atoms with Crippen molar-refractivity contribution in [3.63, 3.8) is 0 Å². The van der Waals surface area contributed by atoms with Crippen LogP contribution in [0.4, 0.5) is 0 Å². The first kappa shape index (κ1) is 16.6. The molecule has 3 aromatic rings. The minimum Gasteiger partial charge on any atom is -0.411 e. The lowest BCUT2D eigenvalue weighted by Gasteiger charge is -2.01. The number of hydrogen-bond acceptors (Lipinski definition) is 7. The standard InChI is InChI=1S/C16H20N6OS/c1-4-5-6-22-14(17-20-21-22)10-24-16-19-18-15(23-16)13-8-11(2)7-12(3)9-13/h7-9H,4-6,10H2,1-3H3. The van der Waals surface area contributed by atoms with E-state index in [0.29, 0.717) is 16.9 Å². The molecule has 0 saturated carbocycles. The smallest absolute Gasteiger partial charge is 0.277 e. The van der Waals surface area contributed by atoms with E-state index in [0.717, 1.165) is 30.8 Å². The third-order valence-corrected chi connectivity index (χ3v) is 4.34. The Kier molecular flexibility index (Phi) is 5.24. The van der Waals surface area contributed by atoms with Crippen LogP contribution < -0.4 is 0 Å². The van der Waals surface area contributed by atoms with Crippen molar-refractivity contribution in [1.29, 1.82) is 0 Å². The Morgan fingerprint density at radius 2 is 1.88 bits per heavy atom. The quantitative estimate of drug-likeness (QED) is 0.607. The highest BCUT2D eigenvalue weighted by Gasteiger charge is 2.12. The Balaban J connectivity index is 1.67. The summed E-state index contributed by atoms with van der Waals surface area (Å²) in [5.41, 5.74) is 3.29. The zero-order valence-corrected chi connectivity index (χ0v) is 14.9. The largest absolute Gasteiger partial charge is 0.411 e. The molecule has 0 fully saturated rings. The molecule has 0 amide bonds. The van der Waals surface area contributed by atoms with Crippen LogP contribution in [0.5, 0.6) is 0 Å². The highest BCUT2D eigenvalue weighted by molar-refractivity contribution is 7.98. The normalized spacial score (nSPS) is 11.1. The van der Waals surface area contributed by atoms with E-state index in [9.17, 15) is 0 Å². The number of unbranched alkanes of at least 4 members (excludes halogenated alkanes) is 1. The van der Waals surface area contributed by atoms with Crippen LogP contribution in [0.25, 0.3) is 11.5 Å². The van der Waals surface area contributed by atoms with Crippen LogP contribution in [0.3, 0.4) is 0 Å². The Labute approximate surface area is 144 Å². The molecule has 0 aliphatic heterocycles. The fraction of sp³-hybridized carbons (Fsp3) is 0.438. The van der Waals surface area contributed by atoms with E-state index in [1.54, 1.807) is 0 Å². The molecule has 0 bridgehead atoms. The first-order chi connectivity index (χ1) is 11.7. The zero-order chi connectivity index (χ0) is 16.9. The molecule has 0 aliphatic rings. The second-order valence-corrected chi connectivity index (χ2v) is 6.64. The number of benzene rings is 1. The third-order valence-electron chi connectivity index (χ3n) is 3.53. The number of tetrazole rings is 1. The van der Waals surface area contributed by atoms with Crippen LogP contribution in [0, 0.1) is 13.8 Å². The first-order valence-electron chi connectivity index (χ1n) is 7.95. The molecule has 0 spiro atoms. The minimum atomic E-state index is 0.522. The molecular weight excluding hydrogens is 324 g/mol. The van der Waals surface area contributed by atoms with Gasteiger partial charge in [0.25, 0.3) is 5.22 Å². The van der Waals surface area contributed by atoms with E-state index in [4.69, 9.17) is 4.42 Å². The summed E-state index contributed by atoms with van der Waals surface area (Å²) in [5.74, 6) is 1.96. The predicted molar refractivity (Wildman–Crippen MR) is 91.5 cm³/mol. The van der Waals surface area contributed by atoms with Crippen LogP contribution in [-0.4, -0.2) is 30.4 Å². The van der Waals surface area contributed by atoms with Gasteiger partial charge in [-0.2, -0.15) is 0 Å². The van der Waals surface area contributed by atoms with Crippen molar-refractivity contribution in [3.8, 4) is 11.5 Å². The van der Waals surface area contributed by atoms with Gasteiger partial charge in [-0.05, 0) is 42.8 Å². The monoisotopic (exact) mass is 344 g/mol. The van der Waals surface area contributed by atoms with Gasteiger partial charge in [0.15, 0.2) is 5.82 Å². The average molecular weight is 344 g/mol. The van der Waals surface area contributed by atoms with Gasteiger partial charge in [-0.1, -0.05) is 42.3 Å². The zero-order valence-electron chi connectivity index (χ0n) is 14.1. The molecule has 0 unspecified atom stereocenters. The lowest BCUT2D eigenvalue weighted by Crippen LogP contribution is -2.04. The molecule has 7 nitrogen and oxygen atoms in total. The van der Waals surface area contributed by atoms with E-state index in [1.165, 1.54) is 22.9 Å². The van der Waals surface area contributed by atoms with Crippen molar-refractivity contribution in [2.75, 3.05) is 0 Å². The Morgan fingerprint density at radius 1 is 1.08 bits per heavy atom. The molecule has 0 aliphatic carbocycles. The predicted octanol–water partition coefficient (Wildman–Crippen LogP) is 3.43. The van der Waals surface area contributed by atoms with Gasteiger partial charge in [-0.15, -0.1) is 15.3 Å². The van der Waals surface area contributed by atoms with Gasteiger partial charge < -0.3 is 4.42 Å². The molecule has 8 heteroatoms. The molecule has 0 atom stereocenters. The van der Waals surface area contributed by atoms with Crippen molar-refractivity contribution in [1.82, 2.24) is 30.4 Å². The van der Waals surface area contributed by atoms with Gasteiger partial charge in [0, 0.05) is 12.1 Å². The number of aromatic nitrogens is 6. The molecule has 3 rings (SSSR count). The number of rotatable bonds is 7. The highest BCUT2D eigenvalue weighted by atomic mass is 32.2. The molecule has 0 N–H and O–H groups in total. The van der Waals surface area contributed by atoms with E-state index in [1.807, 2.05) is 16.8 Å². The van der Waals surface area contributed by atoms with E-state index in [2.05, 4.69) is 52.6 Å². The van der Waals surface area contributed by atoms with Crippen molar-refractivity contribution in [2.45, 2.75) is 51.1 Å². The van der Waals surface area contributed by atoms with Gasteiger partial charge >= 0.3 is 0 Å². The SMILES string of the molecule is CCCCn1nnnc1CSc1nnc(-c2cc(C)cc(C)c2)o1. The van der Waals surface area contributed by atoms with Gasteiger partial charge in [0.2, 0.25) is 5.89 Å². The van der Waals surface area contributed by atoms with Crippen molar-refractivity contribution < 1.29 is 4.42 Å². The van der Waals surface area contributed by atoms with Crippen LogP contribution in [-0.2, 0) is 12.3 Å². The lowest BCUT2D eigenvalue weighted by atomic mass is 10.1. The Morgan fingerprint density at radius 3 is 2.62 bits per heavy atom. The summed E-state index contributed by atoms with van der Waals surface area (Å²) < 4.78 is 7.59. The molecule has 0 saturated heterocycles. The number of thioether (sulfide) groups is 1. The van der Waals surface area contributed by atoms with E-state index >= 15 is 0 Å². The number of nitrogens with zero attached hydrogens (tertiary/aromatic N) is 6. The number of hydrogen-bond donors (Lipinski definition) is 0. The van der Waals surface area contributed by atoms with E-state index in [-0.39, 0.29) is 0 Å². The average Bonchev–Trinajstić information content (AvgIpc) is 3.19. The summed E-state index contributed by atoms with van der Waals surface area (Å²) in [4.78, 5) is 0. The van der Waals surface area contributed by atoms with E-state index < -0.39 is 0 Å². The maximum atomic E-state index is 5.76.